The molecule has 2 aromatic rings. The number of H-pyrrole nitrogens is 1. The van der Waals surface area contributed by atoms with Gasteiger partial charge in [-0.25, -0.2) is 0 Å². The Morgan fingerprint density at radius 3 is 2.68 bits per heavy atom. The Morgan fingerprint density at radius 1 is 1.32 bits per heavy atom. The molecule has 1 aromatic heterocycles. The second-order valence-electron chi connectivity index (χ2n) is 5.38. The first-order valence-electron chi connectivity index (χ1n) is 6.90. The summed E-state index contributed by atoms with van der Waals surface area (Å²) in [7, 11) is 0. The Morgan fingerprint density at radius 2 is 2.05 bits per heavy atom. The largest absolute Gasteiger partial charge is 0.357 e. The molecular formula is C16H22N2O. The van der Waals surface area contributed by atoms with E-state index in [1.54, 1.807) is 0 Å². The van der Waals surface area contributed by atoms with E-state index in [0.717, 1.165) is 11.2 Å². The zero-order chi connectivity index (χ0) is 14.0. The zero-order valence-electron chi connectivity index (χ0n) is 12.1. The first-order valence-corrected chi connectivity index (χ1v) is 6.90. The van der Waals surface area contributed by atoms with Crippen molar-refractivity contribution < 1.29 is 4.79 Å². The van der Waals surface area contributed by atoms with Crippen LogP contribution >= 0.6 is 0 Å². The summed E-state index contributed by atoms with van der Waals surface area (Å²) in [6, 6.07) is 6.55. The van der Waals surface area contributed by atoms with Gasteiger partial charge in [0.25, 0.3) is 0 Å². The number of aromatic nitrogens is 1. The number of hydrogen-bond acceptors (Lipinski definition) is 1. The monoisotopic (exact) mass is 258 g/mol. The molecule has 2 N–H and O–H groups in total. The zero-order valence-corrected chi connectivity index (χ0v) is 12.1. The lowest BCUT2D eigenvalue weighted by molar-refractivity contribution is -0.120. The Bertz CT molecular complexity index is 596. The van der Waals surface area contributed by atoms with Crippen LogP contribution in [0.25, 0.3) is 10.9 Å². The summed E-state index contributed by atoms with van der Waals surface area (Å²) in [5, 5.41) is 4.10. The minimum Gasteiger partial charge on any atom is -0.357 e. The van der Waals surface area contributed by atoms with Crippen molar-refractivity contribution in [2.45, 2.75) is 46.6 Å². The molecule has 3 heteroatoms. The predicted octanol–water partition coefficient (Wildman–Crippen LogP) is 3.63. The minimum atomic E-state index is 0.0812. The van der Waals surface area contributed by atoms with Crippen molar-refractivity contribution in [3.63, 3.8) is 0 Å². The van der Waals surface area contributed by atoms with Crippen LogP contribution in [0.5, 0.6) is 0 Å². The lowest BCUT2D eigenvalue weighted by atomic mass is 9.97. The average molecular weight is 258 g/mol. The number of fused-ring (bicyclic) bond motifs is 1. The number of carbonyl (C=O) groups is 1. The van der Waals surface area contributed by atoms with Crippen molar-refractivity contribution in [2.75, 3.05) is 0 Å². The molecule has 0 aliphatic carbocycles. The van der Waals surface area contributed by atoms with E-state index in [4.69, 9.17) is 0 Å². The fraction of sp³-hybridized carbons (Fsp3) is 0.438. The standard InChI is InChI=1S/C16H22N2O/c1-5-16(19)17-9-13-7-12-6-11(4)14(10(2)3)8-15(12)18-13/h6-8,10,18H,5,9H2,1-4H3,(H,17,19). The molecule has 0 saturated heterocycles. The van der Waals surface area contributed by atoms with Crippen molar-refractivity contribution in [1.29, 1.82) is 0 Å². The Balaban J connectivity index is 2.27. The molecule has 0 fully saturated rings. The molecule has 0 aliphatic rings. The maximum atomic E-state index is 11.3. The maximum Gasteiger partial charge on any atom is 0.220 e. The summed E-state index contributed by atoms with van der Waals surface area (Å²) in [6.45, 7) is 9.00. The van der Waals surface area contributed by atoms with E-state index in [9.17, 15) is 4.79 Å². The lowest BCUT2D eigenvalue weighted by Crippen LogP contribution is -2.21. The molecule has 0 saturated carbocycles. The van der Waals surface area contributed by atoms with Gasteiger partial charge in [0.1, 0.15) is 0 Å². The molecule has 0 bridgehead atoms. The number of rotatable bonds is 4. The third-order valence-electron chi connectivity index (χ3n) is 3.48. The quantitative estimate of drug-likeness (QED) is 0.864. The second-order valence-corrected chi connectivity index (χ2v) is 5.38. The van der Waals surface area contributed by atoms with Crippen molar-refractivity contribution >= 4 is 16.8 Å². The van der Waals surface area contributed by atoms with Crippen LogP contribution in [0.4, 0.5) is 0 Å². The highest BCUT2D eigenvalue weighted by atomic mass is 16.1. The van der Waals surface area contributed by atoms with Crippen LogP contribution in [0.2, 0.25) is 0 Å². The van der Waals surface area contributed by atoms with Crippen LogP contribution in [0.15, 0.2) is 18.2 Å². The van der Waals surface area contributed by atoms with Crippen molar-refractivity contribution in [3.05, 3.63) is 35.0 Å². The fourth-order valence-electron chi connectivity index (χ4n) is 2.41. The summed E-state index contributed by atoms with van der Waals surface area (Å²) >= 11 is 0. The normalized spacial score (nSPS) is 11.2. The van der Waals surface area contributed by atoms with E-state index in [0.29, 0.717) is 18.9 Å². The molecule has 3 nitrogen and oxygen atoms in total. The molecular weight excluding hydrogens is 236 g/mol. The third-order valence-corrected chi connectivity index (χ3v) is 3.48. The number of benzene rings is 1. The van der Waals surface area contributed by atoms with Crippen LogP contribution in [0, 0.1) is 6.92 Å². The van der Waals surface area contributed by atoms with E-state index in [1.165, 1.54) is 16.5 Å². The molecule has 1 aromatic carbocycles. The van der Waals surface area contributed by atoms with Gasteiger partial charge < -0.3 is 10.3 Å². The molecule has 1 amide bonds. The summed E-state index contributed by atoms with van der Waals surface area (Å²) in [5.74, 6) is 0.605. The first-order chi connectivity index (χ1) is 9.01. The number of aromatic amines is 1. The highest BCUT2D eigenvalue weighted by molar-refractivity contribution is 5.82. The van der Waals surface area contributed by atoms with Crippen LogP contribution in [-0.4, -0.2) is 10.9 Å². The van der Waals surface area contributed by atoms with Gasteiger partial charge in [-0.15, -0.1) is 0 Å². The van der Waals surface area contributed by atoms with Gasteiger partial charge in [-0.1, -0.05) is 20.8 Å². The molecule has 1 heterocycles. The highest BCUT2D eigenvalue weighted by Gasteiger charge is 2.08. The SMILES string of the molecule is CCC(=O)NCc1cc2cc(C)c(C(C)C)cc2[nH]1. The molecule has 0 spiro atoms. The van der Waals surface area contributed by atoms with E-state index in [-0.39, 0.29) is 5.91 Å². The van der Waals surface area contributed by atoms with Crippen LogP contribution in [0.1, 0.15) is 49.9 Å². The van der Waals surface area contributed by atoms with Crippen molar-refractivity contribution in [1.82, 2.24) is 10.3 Å². The van der Waals surface area contributed by atoms with Crippen LogP contribution < -0.4 is 5.32 Å². The van der Waals surface area contributed by atoms with Gasteiger partial charge in [0.15, 0.2) is 0 Å². The van der Waals surface area contributed by atoms with Crippen molar-refractivity contribution in [2.24, 2.45) is 0 Å². The first kappa shape index (κ1) is 13.7. The molecule has 19 heavy (non-hydrogen) atoms. The molecule has 0 atom stereocenters. The summed E-state index contributed by atoms with van der Waals surface area (Å²) in [5.41, 5.74) is 4.90. The van der Waals surface area contributed by atoms with Gasteiger partial charge in [0, 0.05) is 17.6 Å². The molecule has 0 aliphatic heterocycles. The predicted molar refractivity (Wildman–Crippen MR) is 79.3 cm³/mol. The van der Waals surface area contributed by atoms with Gasteiger partial charge in [-0.2, -0.15) is 0 Å². The molecule has 2 rings (SSSR count). The minimum absolute atomic E-state index is 0.0812. The van der Waals surface area contributed by atoms with E-state index >= 15 is 0 Å². The van der Waals surface area contributed by atoms with Crippen molar-refractivity contribution in [3.8, 4) is 0 Å². The van der Waals surface area contributed by atoms with E-state index < -0.39 is 0 Å². The summed E-state index contributed by atoms with van der Waals surface area (Å²) < 4.78 is 0. The van der Waals surface area contributed by atoms with Gasteiger partial charge in [-0.3, -0.25) is 4.79 Å². The van der Waals surface area contributed by atoms with E-state index in [1.807, 2.05) is 6.92 Å². The smallest absolute Gasteiger partial charge is 0.220 e. The molecule has 102 valence electrons. The molecule has 0 radical (unpaired) electrons. The Hall–Kier alpha value is -1.77. The number of carbonyl (C=O) groups excluding carboxylic acids is 1. The maximum absolute atomic E-state index is 11.3. The number of aryl methyl sites for hydroxylation is 1. The number of hydrogen-bond donors (Lipinski definition) is 2. The van der Waals surface area contributed by atoms with Gasteiger partial charge in [0.2, 0.25) is 5.91 Å². The van der Waals surface area contributed by atoms with Gasteiger partial charge in [0.05, 0.1) is 6.54 Å². The highest BCUT2D eigenvalue weighted by Crippen LogP contribution is 2.25. The second kappa shape index (κ2) is 5.47. The topological polar surface area (TPSA) is 44.9 Å². The number of amides is 1. The third kappa shape index (κ3) is 2.98. The lowest BCUT2D eigenvalue weighted by Gasteiger charge is -2.09. The van der Waals surface area contributed by atoms with Crippen LogP contribution in [0.3, 0.4) is 0 Å². The molecule has 0 unspecified atom stereocenters. The number of nitrogens with one attached hydrogen (secondary N) is 2. The Labute approximate surface area is 114 Å². The van der Waals surface area contributed by atoms with Crippen LogP contribution in [-0.2, 0) is 11.3 Å². The van der Waals surface area contributed by atoms with E-state index in [2.05, 4.69) is 49.3 Å². The van der Waals surface area contributed by atoms with Gasteiger partial charge in [-0.05, 0) is 47.6 Å². The Kier molecular flexibility index (Phi) is 3.93. The summed E-state index contributed by atoms with van der Waals surface area (Å²) in [4.78, 5) is 14.7. The van der Waals surface area contributed by atoms with Gasteiger partial charge >= 0.3 is 0 Å². The summed E-state index contributed by atoms with van der Waals surface area (Å²) in [6.07, 6.45) is 0.525. The fourth-order valence-corrected chi connectivity index (χ4v) is 2.41. The average Bonchev–Trinajstić information content (AvgIpc) is 2.76.